The fourth-order valence-electron chi connectivity index (χ4n) is 3.68. The summed E-state index contributed by atoms with van der Waals surface area (Å²) in [6.45, 7) is 6.01. The molecule has 0 aliphatic carbocycles. The van der Waals surface area contributed by atoms with Crippen molar-refractivity contribution in [2.45, 2.75) is 27.3 Å². The summed E-state index contributed by atoms with van der Waals surface area (Å²) in [5, 5.41) is 3.39. The fourth-order valence-corrected chi connectivity index (χ4v) is 4.72. The van der Waals surface area contributed by atoms with E-state index >= 15 is 0 Å². The standard InChI is InChI=1S/C25H23N3O4S/c1-14-5-10-19(15(2)11-14)27-22(29)21-16(3)20-23(33-21)26-13-28(24(20)30)12-17-6-8-18(9-7-17)25(31)32-4/h5-11,13H,12H2,1-4H3,(H,27,29). The van der Waals surface area contributed by atoms with E-state index in [-0.39, 0.29) is 11.5 Å². The number of nitrogens with zero attached hydrogens (tertiary/aromatic N) is 2. The third kappa shape index (κ3) is 4.42. The van der Waals surface area contributed by atoms with Crippen LogP contribution in [-0.4, -0.2) is 28.5 Å². The Morgan fingerprint density at radius 2 is 1.82 bits per heavy atom. The molecular formula is C25H23N3O4S. The molecule has 2 aromatic carbocycles. The zero-order chi connectivity index (χ0) is 23.7. The number of rotatable bonds is 5. The number of thiophene rings is 1. The van der Waals surface area contributed by atoms with Crippen LogP contribution in [0.2, 0.25) is 0 Å². The molecular weight excluding hydrogens is 438 g/mol. The molecule has 2 heterocycles. The quantitative estimate of drug-likeness (QED) is 0.443. The SMILES string of the molecule is COC(=O)c1ccc(Cn2cnc3sc(C(=O)Nc4ccc(C)cc4C)c(C)c3c2=O)cc1. The Labute approximate surface area is 194 Å². The van der Waals surface area contributed by atoms with E-state index in [9.17, 15) is 14.4 Å². The first-order valence-electron chi connectivity index (χ1n) is 10.3. The first kappa shape index (κ1) is 22.4. The average Bonchev–Trinajstić information content (AvgIpc) is 3.14. The van der Waals surface area contributed by atoms with Crippen molar-refractivity contribution in [1.82, 2.24) is 9.55 Å². The number of aryl methyl sites for hydroxylation is 3. The molecule has 0 aliphatic heterocycles. The third-order valence-electron chi connectivity index (χ3n) is 5.48. The molecule has 168 valence electrons. The number of hydrogen-bond acceptors (Lipinski definition) is 6. The van der Waals surface area contributed by atoms with Crippen molar-refractivity contribution in [2.75, 3.05) is 12.4 Å². The lowest BCUT2D eigenvalue weighted by Gasteiger charge is -2.08. The monoisotopic (exact) mass is 461 g/mol. The number of amides is 1. The van der Waals surface area contributed by atoms with Gasteiger partial charge in [0.15, 0.2) is 0 Å². The second-order valence-corrected chi connectivity index (χ2v) is 8.87. The number of aromatic nitrogens is 2. The van der Waals surface area contributed by atoms with E-state index in [0.29, 0.717) is 32.8 Å². The zero-order valence-corrected chi connectivity index (χ0v) is 19.6. The Balaban J connectivity index is 1.63. The van der Waals surface area contributed by atoms with Crippen molar-refractivity contribution in [1.29, 1.82) is 0 Å². The summed E-state index contributed by atoms with van der Waals surface area (Å²) in [5.41, 5.74) is 4.51. The molecule has 1 amide bonds. The Morgan fingerprint density at radius 1 is 1.09 bits per heavy atom. The number of ether oxygens (including phenoxy) is 1. The molecule has 0 atom stereocenters. The topological polar surface area (TPSA) is 90.3 Å². The van der Waals surface area contributed by atoms with Gasteiger partial charge in [-0.1, -0.05) is 29.8 Å². The number of nitrogens with one attached hydrogen (secondary N) is 1. The van der Waals surface area contributed by atoms with Gasteiger partial charge in [0, 0.05) is 5.69 Å². The molecule has 2 aromatic heterocycles. The van der Waals surface area contributed by atoms with Crippen molar-refractivity contribution < 1.29 is 14.3 Å². The lowest BCUT2D eigenvalue weighted by atomic mass is 10.1. The second kappa shape index (κ2) is 8.99. The van der Waals surface area contributed by atoms with Gasteiger partial charge in [0.1, 0.15) is 4.83 Å². The van der Waals surface area contributed by atoms with Crippen molar-refractivity contribution in [3.05, 3.63) is 91.8 Å². The molecule has 8 heteroatoms. The molecule has 0 fully saturated rings. The highest BCUT2D eigenvalue weighted by Crippen LogP contribution is 2.28. The van der Waals surface area contributed by atoms with E-state index in [1.54, 1.807) is 31.2 Å². The molecule has 0 radical (unpaired) electrons. The number of fused-ring (bicyclic) bond motifs is 1. The molecule has 4 aromatic rings. The number of esters is 1. The first-order valence-corrected chi connectivity index (χ1v) is 11.1. The summed E-state index contributed by atoms with van der Waals surface area (Å²) in [6, 6.07) is 12.7. The van der Waals surface area contributed by atoms with E-state index in [2.05, 4.69) is 10.3 Å². The second-order valence-electron chi connectivity index (χ2n) is 7.87. The molecule has 0 spiro atoms. The van der Waals surface area contributed by atoms with Crippen molar-refractivity contribution in [2.24, 2.45) is 0 Å². The number of methoxy groups -OCH3 is 1. The van der Waals surface area contributed by atoms with Gasteiger partial charge in [-0.2, -0.15) is 0 Å². The number of anilines is 1. The van der Waals surface area contributed by atoms with Crippen molar-refractivity contribution in [3.8, 4) is 0 Å². The van der Waals surface area contributed by atoms with Gasteiger partial charge in [0.25, 0.3) is 11.5 Å². The van der Waals surface area contributed by atoms with Gasteiger partial charge < -0.3 is 10.1 Å². The Morgan fingerprint density at radius 3 is 2.48 bits per heavy atom. The minimum atomic E-state index is -0.415. The molecule has 0 aliphatic rings. The number of hydrogen-bond donors (Lipinski definition) is 1. The molecule has 33 heavy (non-hydrogen) atoms. The summed E-state index contributed by atoms with van der Waals surface area (Å²) in [6.07, 6.45) is 1.49. The highest BCUT2D eigenvalue weighted by molar-refractivity contribution is 7.20. The third-order valence-corrected chi connectivity index (χ3v) is 6.68. The largest absolute Gasteiger partial charge is 0.465 e. The Kier molecular flexibility index (Phi) is 6.11. The van der Waals surface area contributed by atoms with Gasteiger partial charge in [-0.05, 0) is 55.7 Å². The van der Waals surface area contributed by atoms with Gasteiger partial charge in [-0.25, -0.2) is 9.78 Å². The van der Waals surface area contributed by atoms with Crippen LogP contribution < -0.4 is 10.9 Å². The number of carbonyl (C=O) groups excluding carboxylic acids is 2. The van der Waals surface area contributed by atoms with E-state index < -0.39 is 5.97 Å². The maximum Gasteiger partial charge on any atom is 0.337 e. The summed E-state index contributed by atoms with van der Waals surface area (Å²) < 4.78 is 6.21. The fraction of sp³-hybridized carbons (Fsp3) is 0.200. The number of carbonyl (C=O) groups is 2. The van der Waals surface area contributed by atoms with E-state index in [1.807, 2.05) is 32.0 Å². The van der Waals surface area contributed by atoms with Crippen LogP contribution in [0.5, 0.6) is 0 Å². The normalized spacial score (nSPS) is 10.9. The van der Waals surface area contributed by atoms with Crippen LogP contribution in [0.1, 0.15) is 42.3 Å². The minimum absolute atomic E-state index is 0.212. The molecule has 1 N–H and O–H groups in total. The van der Waals surface area contributed by atoms with Crippen LogP contribution in [0.4, 0.5) is 5.69 Å². The molecule has 7 nitrogen and oxygen atoms in total. The summed E-state index contributed by atoms with van der Waals surface area (Å²) in [7, 11) is 1.33. The Hall–Kier alpha value is -3.78. The average molecular weight is 462 g/mol. The predicted molar refractivity (Wildman–Crippen MR) is 129 cm³/mol. The van der Waals surface area contributed by atoms with Crippen LogP contribution in [0.25, 0.3) is 10.2 Å². The van der Waals surface area contributed by atoms with Crippen LogP contribution in [0.3, 0.4) is 0 Å². The predicted octanol–water partition coefficient (Wildman–Crippen LogP) is 4.47. The summed E-state index contributed by atoms with van der Waals surface area (Å²) in [4.78, 5) is 43.2. The highest BCUT2D eigenvalue weighted by atomic mass is 32.1. The van der Waals surface area contributed by atoms with Gasteiger partial charge in [-0.15, -0.1) is 11.3 Å². The molecule has 4 rings (SSSR count). The van der Waals surface area contributed by atoms with Gasteiger partial charge in [0.05, 0.1) is 35.8 Å². The van der Waals surface area contributed by atoms with Gasteiger partial charge in [0.2, 0.25) is 0 Å². The summed E-state index contributed by atoms with van der Waals surface area (Å²) in [5.74, 6) is -0.672. The lowest BCUT2D eigenvalue weighted by Crippen LogP contribution is -2.21. The molecule has 0 bridgehead atoms. The smallest absolute Gasteiger partial charge is 0.337 e. The zero-order valence-electron chi connectivity index (χ0n) is 18.8. The minimum Gasteiger partial charge on any atom is -0.465 e. The number of benzene rings is 2. The molecule has 0 unspecified atom stereocenters. The van der Waals surface area contributed by atoms with Crippen LogP contribution in [0.15, 0.2) is 53.6 Å². The molecule has 0 saturated carbocycles. The van der Waals surface area contributed by atoms with Crippen molar-refractivity contribution >= 4 is 39.1 Å². The van der Waals surface area contributed by atoms with Gasteiger partial charge in [-0.3, -0.25) is 14.2 Å². The highest BCUT2D eigenvalue weighted by Gasteiger charge is 2.20. The van der Waals surface area contributed by atoms with Crippen LogP contribution in [0, 0.1) is 20.8 Å². The van der Waals surface area contributed by atoms with Gasteiger partial charge >= 0.3 is 5.97 Å². The molecule has 0 saturated heterocycles. The van der Waals surface area contributed by atoms with Crippen LogP contribution in [-0.2, 0) is 11.3 Å². The first-order chi connectivity index (χ1) is 15.8. The summed E-state index contributed by atoms with van der Waals surface area (Å²) >= 11 is 1.21. The van der Waals surface area contributed by atoms with E-state index in [1.165, 1.54) is 29.3 Å². The Bertz CT molecular complexity index is 1430. The maximum atomic E-state index is 13.2. The van der Waals surface area contributed by atoms with E-state index in [4.69, 9.17) is 4.74 Å². The maximum absolute atomic E-state index is 13.2. The van der Waals surface area contributed by atoms with Crippen LogP contribution >= 0.6 is 11.3 Å². The lowest BCUT2D eigenvalue weighted by molar-refractivity contribution is 0.0600. The van der Waals surface area contributed by atoms with E-state index in [0.717, 1.165) is 22.4 Å². The van der Waals surface area contributed by atoms with Crippen molar-refractivity contribution in [3.63, 3.8) is 0 Å².